The van der Waals surface area contributed by atoms with Gasteiger partial charge in [-0.3, -0.25) is 4.79 Å². The molecule has 0 spiro atoms. The van der Waals surface area contributed by atoms with E-state index in [0.717, 1.165) is 25.7 Å². The first-order valence-corrected chi connectivity index (χ1v) is 7.38. The third kappa shape index (κ3) is 6.42. The topological polar surface area (TPSA) is 26.3 Å². The summed E-state index contributed by atoms with van der Waals surface area (Å²) in [6.45, 7) is 6.76. The number of esters is 1. The van der Waals surface area contributed by atoms with Crippen molar-refractivity contribution in [3.05, 3.63) is 35.4 Å². The van der Waals surface area contributed by atoms with Crippen molar-refractivity contribution < 1.29 is 9.53 Å². The molecule has 1 aromatic rings. The average Bonchev–Trinajstić information content (AvgIpc) is 2.39. The summed E-state index contributed by atoms with van der Waals surface area (Å²) in [4.78, 5) is 11.2. The number of aryl methyl sites for hydroxylation is 1. The zero-order valence-corrected chi connectivity index (χ0v) is 12.4. The smallest absolute Gasteiger partial charge is 0.305 e. The molecule has 0 aromatic heterocycles. The molecule has 1 aromatic carbocycles. The fourth-order valence-corrected chi connectivity index (χ4v) is 2.08. The van der Waals surface area contributed by atoms with Crippen LogP contribution in [0.15, 0.2) is 24.3 Å². The van der Waals surface area contributed by atoms with E-state index in [4.69, 9.17) is 4.74 Å². The molecule has 0 amide bonds. The van der Waals surface area contributed by atoms with E-state index in [9.17, 15) is 4.79 Å². The SMILES string of the molecule is CCOC(=O)CCCCCc1ccc(C(C)C)cc1. The maximum Gasteiger partial charge on any atom is 0.305 e. The molecule has 0 saturated carbocycles. The number of hydrogen-bond acceptors (Lipinski definition) is 2. The van der Waals surface area contributed by atoms with E-state index in [2.05, 4.69) is 38.1 Å². The number of carbonyl (C=O) groups is 1. The van der Waals surface area contributed by atoms with Crippen LogP contribution >= 0.6 is 0 Å². The maximum absolute atomic E-state index is 11.2. The molecule has 2 heteroatoms. The molecule has 0 aliphatic carbocycles. The lowest BCUT2D eigenvalue weighted by Crippen LogP contribution is -2.03. The lowest BCUT2D eigenvalue weighted by atomic mass is 9.99. The number of carbonyl (C=O) groups excluding carboxylic acids is 1. The van der Waals surface area contributed by atoms with Gasteiger partial charge in [-0.1, -0.05) is 44.5 Å². The third-order valence-electron chi connectivity index (χ3n) is 3.30. The van der Waals surface area contributed by atoms with Gasteiger partial charge in [0, 0.05) is 6.42 Å². The predicted octanol–water partition coefficient (Wildman–Crippen LogP) is 4.48. The highest BCUT2D eigenvalue weighted by atomic mass is 16.5. The highest BCUT2D eigenvalue weighted by Gasteiger charge is 2.02. The Balaban J connectivity index is 2.17. The summed E-state index contributed by atoms with van der Waals surface area (Å²) >= 11 is 0. The Kier molecular flexibility index (Phi) is 7.24. The van der Waals surface area contributed by atoms with Crippen molar-refractivity contribution in [1.29, 1.82) is 0 Å². The first kappa shape index (κ1) is 15.7. The molecule has 0 fully saturated rings. The number of benzene rings is 1. The Hall–Kier alpha value is -1.31. The van der Waals surface area contributed by atoms with E-state index in [0.29, 0.717) is 18.9 Å². The Morgan fingerprint density at radius 2 is 1.79 bits per heavy atom. The van der Waals surface area contributed by atoms with Gasteiger partial charge in [-0.05, 0) is 43.2 Å². The summed E-state index contributed by atoms with van der Waals surface area (Å²) in [6, 6.07) is 8.89. The van der Waals surface area contributed by atoms with E-state index >= 15 is 0 Å². The van der Waals surface area contributed by atoms with Crippen molar-refractivity contribution in [2.75, 3.05) is 6.61 Å². The van der Waals surface area contributed by atoms with Crippen molar-refractivity contribution in [3.8, 4) is 0 Å². The molecule has 0 radical (unpaired) electrons. The zero-order chi connectivity index (χ0) is 14.1. The highest BCUT2D eigenvalue weighted by Crippen LogP contribution is 2.16. The summed E-state index contributed by atoms with van der Waals surface area (Å²) in [6.07, 6.45) is 4.81. The van der Waals surface area contributed by atoms with Crippen LogP contribution in [0, 0.1) is 0 Å². The summed E-state index contributed by atoms with van der Waals surface area (Å²) in [5.74, 6) is 0.530. The van der Waals surface area contributed by atoms with Crippen LogP contribution in [0.25, 0.3) is 0 Å². The summed E-state index contributed by atoms with van der Waals surface area (Å²) < 4.78 is 4.90. The van der Waals surface area contributed by atoms with E-state index in [-0.39, 0.29) is 5.97 Å². The normalized spacial score (nSPS) is 10.7. The largest absolute Gasteiger partial charge is 0.466 e. The van der Waals surface area contributed by atoms with Gasteiger partial charge in [0.25, 0.3) is 0 Å². The van der Waals surface area contributed by atoms with Crippen molar-refractivity contribution in [2.45, 2.75) is 58.8 Å². The molecule has 106 valence electrons. The minimum atomic E-state index is -0.0659. The first-order valence-electron chi connectivity index (χ1n) is 7.38. The molecule has 0 heterocycles. The van der Waals surface area contributed by atoms with Crippen LogP contribution in [0.5, 0.6) is 0 Å². The Morgan fingerprint density at radius 3 is 2.37 bits per heavy atom. The molecule has 2 nitrogen and oxygen atoms in total. The van der Waals surface area contributed by atoms with Crippen LogP contribution < -0.4 is 0 Å². The van der Waals surface area contributed by atoms with Gasteiger partial charge in [0.2, 0.25) is 0 Å². The van der Waals surface area contributed by atoms with Crippen LogP contribution in [-0.2, 0) is 16.0 Å². The van der Waals surface area contributed by atoms with Crippen molar-refractivity contribution >= 4 is 5.97 Å². The van der Waals surface area contributed by atoms with Gasteiger partial charge in [-0.15, -0.1) is 0 Å². The van der Waals surface area contributed by atoms with E-state index in [1.165, 1.54) is 11.1 Å². The van der Waals surface area contributed by atoms with Crippen LogP contribution in [0.2, 0.25) is 0 Å². The second kappa shape index (κ2) is 8.73. The lowest BCUT2D eigenvalue weighted by Gasteiger charge is -2.07. The minimum absolute atomic E-state index is 0.0659. The molecule has 1 rings (SSSR count). The van der Waals surface area contributed by atoms with Gasteiger partial charge in [0.15, 0.2) is 0 Å². The molecule has 0 N–H and O–H groups in total. The zero-order valence-electron chi connectivity index (χ0n) is 12.4. The molecular formula is C17H26O2. The average molecular weight is 262 g/mol. The molecule has 0 aliphatic rings. The fourth-order valence-electron chi connectivity index (χ4n) is 2.08. The highest BCUT2D eigenvalue weighted by molar-refractivity contribution is 5.69. The first-order chi connectivity index (χ1) is 9.13. The Morgan fingerprint density at radius 1 is 1.11 bits per heavy atom. The van der Waals surface area contributed by atoms with E-state index in [1.807, 2.05) is 6.92 Å². The van der Waals surface area contributed by atoms with Gasteiger partial charge in [0.1, 0.15) is 0 Å². The number of ether oxygens (including phenoxy) is 1. The summed E-state index contributed by atoms with van der Waals surface area (Å²) in [5.41, 5.74) is 2.78. The molecule has 0 atom stereocenters. The molecule has 0 bridgehead atoms. The lowest BCUT2D eigenvalue weighted by molar-refractivity contribution is -0.143. The van der Waals surface area contributed by atoms with Crippen LogP contribution in [0.1, 0.15) is 63.5 Å². The standard InChI is InChI=1S/C17H26O2/c1-4-19-17(18)9-7-5-6-8-15-10-12-16(13-11-15)14(2)3/h10-14H,4-9H2,1-3H3. The van der Waals surface area contributed by atoms with Crippen LogP contribution in [-0.4, -0.2) is 12.6 Å². The quantitative estimate of drug-likeness (QED) is 0.510. The molecule has 19 heavy (non-hydrogen) atoms. The van der Waals surface area contributed by atoms with Gasteiger partial charge in [0.05, 0.1) is 6.61 Å². The number of unbranched alkanes of at least 4 members (excludes halogenated alkanes) is 2. The molecule has 0 saturated heterocycles. The summed E-state index contributed by atoms with van der Waals surface area (Å²) in [5, 5.41) is 0. The van der Waals surface area contributed by atoms with Crippen molar-refractivity contribution in [2.24, 2.45) is 0 Å². The second-order valence-corrected chi connectivity index (χ2v) is 5.26. The van der Waals surface area contributed by atoms with Crippen LogP contribution in [0.4, 0.5) is 0 Å². The van der Waals surface area contributed by atoms with Gasteiger partial charge in [-0.2, -0.15) is 0 Å². The number of hydrogen-bond donors (Lipinski definition) is 0. The minimum Gasteiger partial charge on any atom is -0.466 e. The van der Waals surface area contributed by atoms with Crippen molar-refractivity contribution in [3.63, 3.8) is 0 Å². The Labute approximate surface area is 117 Å². The monoisotopic (exact) mass is 262 g/mol. The van der Waals surface area contributed by atoms with Gasteiger partial charge >= 0.3 is 5.97 Å². The second-order valence-electron chi connectivity index (χ2n) is 5.26. The van der Waals surface area contributed by atoms with Gasteiger partial charge < -0.3 is 4.74 Å². The number of rotatable bonds is 8. The van der Waals surface area contributed by atoms with Gasteiger partial charge in [-0.25, -0.2) is 0 Å². The molecule has 0 aliphatic heterocycles. The summed E-state index contributed by atoms with van der Waals surface area (Å²) in [7, 11) is 0. The molecular weight excluding hydrogens is 236 g/mol. The maximum atomic E-state index is 11.2. The van der Waals surface area contributed by atoms with E-state index in [1.54, 1.807) is 0 Å². The third-order valence-corrected chi connectivity index (χ3v) is 3.30. The van der Waals surface area contributed by atoms with Crippen LogP contribution in [0.3, 0.4) is 0 Å². The Bertz CT molecular complexity index is 365. The van der Waals surface area contributed by atoms with E-state index < -0.39 is 0 Å². The predicted molar refractivity (Wildman–Crippen MR) is 79.3 cm³/mol. The van der Waals surface area contributed by atoms with Crippen molar-refractivity contribution in [1.82, 2.24) is 0 Å². The fraction of sp³-hybridized carbons (Fsp3) is 0.588. The molecule has 0 unspecified atom stereocenters.